The van der Waals surface area contributed by atoms with Gasteiger partial charge in [0.05, 0.1) is 5.25 Å². The van der Waals surface area contributed by atoms with E-state index in [2.05, 4.69) is 14.5 Å². The molecule has 1 aliphatic heterocycles. The number of rotatable bonds is 11. The van der Waals surface area contributed by atoms with Gasteiger partial charge in [-0.3, -0.25) is 23.6 Å². The second kappa shape index (κ2) is 13.4. The summed E-state index contributed by atoms with van der Waals surface area (Å²) in [5, 5.41) is 10.8. The molecule has 2 heterocycles. The average Bonchev–Trinajstić information content (AvgIpc) is 2.94. The lowest BCUT2D eigenvalue weighted by molar-refractivity contribution is -0.0449. The largest absolute Gasteiger partial charge is 0.485 e. The minimum atomic E-state index is -3.43. The van der Waals surface area contributed by atoms with Crippen LogP contribution in [0.2, 0.25) is 0 Å². The first kappa shape index (κ1) is 33.1. The van der Waals surface area contributed by atoms with E-state index in [1.54, 1.807) is 34.9 Å². The molecule has 1 unspecified atom stereocenters. The molecule has 2 N–H and O–H groups in total. The summed E-state index contributed by atoms with van der Waals surface area (Å²) < 4.78 is 37.4. The van der Waals surface area contributed by atoms with E-state index in [0.717, 1.165) is 19.3 Å². The second-order valence-corrected chi connectivity index (χ2v) is 15.0. The molecule has 0 bridgehead atoms. The van der Waals surface area contributed by atoms with Crippen molar-refractivity contribution in [1.82, 2.24) is 14.0 Å². The highest BCUT2D eigenvalue weighted by molar-refractivity contribution is 7.93. The minimum Gasteiger partial charge on any atom is -0.485 e. The van der Waals surface area contributed by atoms with E-state index in [1.165, 1.54) is 4.57 Å². The molecule has 4 rings (SSSR count). The molecule has 240 valence electrons. The van der Waals surface area contributed by atoms with Crippen LogP contribution in [0.15, 0.2) is 39.9 Å². The maximum atomic E-state index is 13.2. The van der Waals surface area contributed by atoms with Crippen LogP contribution in [0.5, 0.6) is 5.75 Å². The van der Waals surface area contributed by atoms with Gasteiger partial charge in [0.2, 0.25) is 10.0 Å². The third kappa shape index (κ3) is 7.82. The monoisotopic (exact) mass is 619 g/mol. The number of ether oxygens (including phenoxy) is 1. The Balaban J connectivity index is 1.34. The van der Waals surface area contributed by atoms with Gasteiger partial charge in [-0.15, -0.1) is 0 Å². The zero-order valence-electron chi connectivity index (χ0n) is 26.5. The lowest BCUT2D eigenvalue weighted by Gasteiger charge is -2.40. The number of nitrogens with one attached hydrogen (secondary N) is 1. The Morgan fingerprint density at radius 2 is 1.51 bits per heavy atom. The molecule has 0 spiro atoms. The van der Waals surface area contributed by atoms with Crippen molar-refractivity contribution in [2.45, 2.75) is 103 Å². The third-order valence-corrected chi connectivity index (χ3v) is 10.5. The summed E-state index contributed by atoms with van der Waals surface area (Å²) in [5.41, 5.74) is -0.990. The van der Waals surface area contributed by atoms with Gasteiger partial charge in [-0.25, -0.2) is 13.2 Å². The van der Waals surface area contributed by atoms with Crippen LogP contribution in [0.4, 0.5) is 11.5 Å². The van der Waals surface area contributed by atoms with Crippen LogP contribution in [-0.4, -0.2) is 77.2 Å². The summed E-state index contributed by atoms with van der Waals surface area (Å²) in [6.07, 6.45) is 3.57. The number of aromatic nitrogens is 2. The number of aliphatic hydroxyl groups is 1. The number of hydrogen-bond acceptors (Lipinski definition) is 8. The Morgan fingerprint density at radius 1 is 0.930 bits per heavy atom. The van der Waals surface area contributed by atoms with E-state index in [4.69, 9.17) is 4.74 Å². The summed E-state index contributed by atoms with van der Waals surface area (Å²) in [4.78, 5) is 30.2. The smallest absolute Gasteiger partial charge is 0.333 e. The number of aliphatic hydroxyl groups excluding tert-OH is 1. The summed E-state index contributed by atoms with van der Waals surface area (Å²) in [6, 6.07) is 8.05. The predicted octanol–water partition coefficient (Wildman–Crippen LogP) is 3.59. The van der Waals surface area contributed by atoms with Gasteiger partial charge in [0.15, 0.2) is 0 Å². The van der Waals surface area contributed by atoms with Crippen LogP contribution in [0.25, 0.3) is 0 Å². The van der Waals surface area contributed by atoms with Gasteiger partial charge in [0.25, 0.3) is 5.56 Å². The number of benzene rings is 1. The SMILES string of the molecule is CC(C)n1c(N2CCN(CC(O)C(C)(C)Oc3ccc(NS(=O)(=O)C4CCCCC4)cc3)CC2)cc(=O)n(C(C)C)c1=O. The van der Waals surface area contributed by atoms with Gasteiger partial charge in [-0.2, -0.15) is 0 Å². The first-order valence-corrected chi connectivity index (χ1v) is 17.1. The van der Waals surface area contributed by atoms with E-state index >= 15 is 0 Å². The van der Waals surface area contributed by atoms with Gasteiger partial charge in [-0.05, 0) is 78.6 Å². The molecule has 12 heteroatoms. The summed E-state index contributed by atoms with van der Waals surface area (Å²) in [6.45, 7) is 14.2. The average molecular weight is 620 g/mol. The Bertz CT molecular complexity index is 1450. The lowest BCUT2D eigenvalue weighted by atomic mass is 10.0. The van der Waals surface area contributed by atoms with E-state index in [1.807, 2.05) is 41.5 Å². The van der Waals surface area contributed by atoms with E-state index in [0.29, 0.717) is 62.8 Å². The zero-order chi connectivity index (χ0) is 31.5. The molecule has 1 aromatic carbocycles. The van der Waals surface area contributed by atoms with Crippen LogP contribution in [0.1, 0.15) is 85.7 Å². The molecule has 0 radical (unpaired) electrons. The Hall–Kier alpha value is -2.83. The number of anilines is 2. The summed E-state index contributed by atoms with van der Waals surface area (Å²) in [5.74, 6) is 1.17. The van der Waals surface area contributed by atoms with Gasteiger partial charge in [0, 0.05) is 56.6 Å². The van der Waals surface area contributed by atoms with Crippen LogP contribution < -0.4 is 25.6 Å². The molecular formula is C31H49N5O6S. The maximum absolute atomic E-state index is 13.2. The molecular weight excluding hydrogens is 570 g/mol. The first-order valence-electron chi connectivity index (χ1n) is 15.5. The van der Waals surface area contributed by atoms with Gasteiger partial charge >= 0.3 is 5.69 Å². The molecule has 2 fully saturated rings. The number of nitrogens with zero attached hydrogens (tertiary/aromatic N) is 4. The maximum Gasteiger partial charge on any atom is 0.333 e. The Kier molecular flexibility index (Phi) is 10.3. The van der Waals surface area contributed by atoms with Crippen molar-refractivity contribution in [2.75, 3.05) is 42.3 Å². The standard InChI is InChI=1S/C31H49N5O6S/c1-22(2)35-28(20-29(38)36(23(3)4)30(35)39)34-18-16-33(17-19-34)21-27(37)31(5,6)42-25-14-12-24(13-15-25)32-43(40,41)26-10-8-7-9-11-26/h12-15,20,22-23,26-27,32,37H,7-11,16-19,21H2,1-6H3. The third-order valence-electron chi connectivity index (χ3n) is 8.60. The summed E-state index contributed by atoms with van der Waals surface area (Å²) in [7, 11) is -3.43. The lowest BCUT2D eigenvalue weighted by Crippen LogP contribution is -2.54. The first-order chi connectivity index (χ1) is 20.2. The van der Waals surface area contributed by atoms with Crippen molar-refractivity contribution in [3.63, 3.8) is 0 Å². The van der Waals surface area contributed by atoms with E-state index in [9.17, 15) is 23.1 Å². The predicted molar refractivity (Wildman–Crippen MR) is 171 cm³/mol. The number of sulfonamides is 1. The van der Waals surface area contributed by atoms with Crippen molar-refractivity contribution >= 4 is 21.5 Å². The fourth-order valence-electron chi connectivity index (χ4n) is 5.97. The van der Waals surface area contributed by atoms with Crippen molar-refractivity contribution < 1.29 is 18.3 Å². The fraction of sp³-hybridized carbons (Fsp3) is 0.677. The molecule has 1 saturated heterocycles. The van der Waals surface area contributed by atoms with E-state index in [-0.39, 0.29) is 28.6 Å². The van der Waals surface area contributed by atoms with Crippen molar-refractivity contribution in [2.24, 2.45) is 0 Å². The van der Waals surface area contributed by atoms with Crippen LogP contribution in [-0.2, 0) is 10.0 Å². The molecule has 1 atom stereocenters. The van der Waals surface area contributed by atoms with Crippen LogP contribution in [0, 0.1) is 0 Å². The van der Waals surface area contributed by atoms with E-state index < -0.39 is 21.7 Å². The van der Waals surface area contributed by atoms with Gasteiger partial charge in [0.1, 0.15) is 23.3 Å². The topological polar surface area (TPSA) is 126 Å². The normalized spacial score (nSPS) is 18.3. The minimum absolute atomic E-state index is 0.1000. The molecule has 2 aliphatic rings. The highest BCUT2D eigenvalue weighted by Crippen LogP contribution is 2.28. The Labute approximate surface area is 255 Å². The van der Waals surface area contributed by atoms with Crippen molar-refractivity contribution in [3.8, 4) is 5.75 Å². The molecule has 1 aromatic heterocycles. The molecule has 0 amide bonds. The summed E-state index contributed by atoms with van der Waals surface area (Å²) >= 11 is 0. The quantitative estimate of drug-likeness (QED) is 0.391. The highest BCUT2D eigenvalue weighted by atomic mass is 32.2. The second-order valence-electron chi connectivity index (χ2n) is 13.0. The number of hydrogen-bond donors (Lipinski definition) is 2. The Morgan fingerprint density at radius 3 is 2.07 bits per heavy atom. The number of β-amino-alcohol motifs (C(OH)–C–C–N with tert-alkyl or cyclic N) is 1. The zero-order valence-corrected chi connectivity index (χ0v) is 27.3. The van der Waals surface area contributed by atoms with Gasteiger partial charge < -0.3 is 14.7 Å². The van der Waals surface area contributed by atoms with Gasteiger partial charge in [-0.1, -0.05) is 19.3 Å². The molecule has 2 aromatic rings. The van der Waals surface area contributed by atoms with Crippen molar-refractivity contribution in [1.29, 1.82) is 0 Å². The fourth-order valence-corrected chi connectivity index (χ4v) is 7.56. The van der Waals surface area contributed by atoms with Crippen LogP contribution >= 0.6 is 0 Å². The molecule has 1 saturated carbocycles. The molecule has 43 heavy (non-hydrogen) atoms. The highest BCUT2D eigenvalue weighted by Gasteiger charge is 2.33. The molecule has 1 aliphatic carbocycles. The molecule has 11 nitrogen and oxygen atoms in total. The van der Waals surface area contributed by atoms with Crippen LogP contribution in [0.3, 0.4) is 0 Å². The van der Waals surface area contributed by atoms with Crippen molar-refractivity contribution in [3.05, 3.63) is 51.2 Å². The number of piperazine rings is 1.